The highest BCUT2D eigenvalue weighted by Crippen LogP contribution is 1.94. The zero-order valence-electron chi connectivity index (χ0n) is 8.60. The lowest BCUT2D eigenvalue weighted by molar-refractivity contribution is -0.130. The molecule has 7 heteroatoms. The van der Waals surface area contributed by atoms with E-state index in [2.05, 4.69) is 0 Å². The number of likely N-dealkylation sites (N-methyl/N-ethyl adjacent to an activating group) is 2. The Morgan fingerprint density at radius 2 is 1.86 bits per heavy atom. The number of carbonyl (C=O) groups excluding carboxylic acids is 1. The van der Waals surface area contributed by atoms with Crippen molar-refractivity contribution >= 4 is 15.9 Å². The van der Waals surface area contributed by atoms with Crippen LogP contribution in [-0.4, -0.2) is 68.7 Å². The Balaban J connectivity index is 4.20. The normalized spacial score (nSPS) is 11.8. The number of carbonyl (C=O) groups is 1. The molecule has 0 aromatic heterocycles. The Hall–Kier alpha value is -0.660. The maximum atomic E-state index is 11.3. The monoisotopic (exact) mass is 224 g/mol. The second-order valence-electron chi connectivity index (χ2n) is 3.06. The van der Waals surface area contributed by atoms with E-state index < -0.39 is 10.0 Å². The number of aliphatic hydroxyl groups excluding tert-OH is 1. The third-order valence-electron chi connectivity index (χ3n) is 1.79. The van der Waals surface area contributed by atoms with Crippen LogP contribution in [0.5, 0.6) is 0 Å². The number of rotatable bonds is 5. The zero-order chi connectivity index (χ0) is 11.4. The molecule has 0 saturated carbocycles. The van der Waals surface area contributed by atoms with E-state index in [-0.39, 0.29) is 25.6 Å². The average Bonchev–Trinajstić information content (AvgIpc) is 2.02. The summed E-state index contributed by atoms with van der Waals surface area (Å²) in [6.07, 6.45) is 1.03. The van der Waals surface area contributed by atoms with Crippen molar-refractivity contribution in [2.75, 3.05) is 40.0 Å². The van der Waals surface area contributed by atoms with Gasteiger partial charge in [-0.1, -0.05) is 0 Å². The SMILES string of the molecule is CN(CCO)C(=O)CN(C)S(C)(=O)=O. The lowest BCUT2D eigenvalue weighted by atomic mass is 10.5. The minimum atomic E-state index is -3.32. The Bertz CT molecular complexity index is 288. The molecule has 0 spiro atoms. The minimum absolute atomic E-state index is 0.134. The Morgan fingerprint density at radius 3 is 2.21 bits per heavy atom. The van der Waals surface area contributed by atoms with Crippen LogP contribution in [0.1, 0.15) is 0 Å². The van der Waals surface area contributed by atoms with Gasteiger partial charge in [-0.3, -0.25) is 4.79 Å². The number of hydrogen-bond acceptors (Lipinski definition) is 4. The molecule has 0 rings (SSSR count). The second-order valence-corrected chi connectivity index (χ2v) is 5.15. The minimum Gasteiger partial charge on any atom is -0.395 e. The molecule has 0 heterocycles. The number of hydrogen-bond donors (Lipinski definition) is 1. The highest BCUT2D eigenvalue weighted by atomic mass is 32.2. The van der Waals surface area contributed by atoms with Crippen molar-refractivity contribution in [3.63, 3.8) is 0 Å². The molecule has 0 saturated heterocycles. The van der Waals surface area contributed by atoms with Gasteiger partial charge in [0.15, 0.2) is 0 Å². The van der Waals surface area contributed by atoms with E-state index in [9.17, 15) is 13.2 Å². The van der Waals surface area contributed by atoms with Crippen molar-refractivity contribution < 1.29 is 18.3 Å². The standard InChI is InChI=1S/C7H16N2O4S/c1-8(4-5-10)7(11)6-9(2)14(3,12)13/h10H,4-6H2,1-3H3. The van der Waals surface area contributed by atoms with Gasteiger partial charge >= 0.3 is 0 Å². The number of sulfonamides is 1. The van der Waals surface area contributed by atoms with Gasteiger partial charge in [-0.05, 0) is 0 Å². The molecule has 0 aliphatic heterocycles. The molecule has 0 fully saturated rings. The van der Waals surface area contributed by atoms with Gasteiger partial charge in [-0.2, -0.15) is 4.31 Å². The van der Waals surface area contributed by atoms with Gasteiger partial charge in [-0.15, -0.1) is 0 Å². The third-order valence-corrected chi connectivity index (χ3v) is 3.05. The summed E-state index contributed by atoms with van der Waals surface area (Å²) in [5.41, 5.74) is 0. The lowest BCUT2D eigenvalue weighted by Gasteiger charge is -2.19. The van der Waals surface area contributed by atoms with Gasteiger partial charge in [-0.25, -0.2) is 8.42 Å². The van der Waals surface area contributed by atoms with E-state index in [0.29, 0.717) is 0 Å². The van der Waals surface area contributed by atoms with E-state index in [1.54, 1.807) is 0 Å². The highest BCUT2D eigenvalue weighted by molar-refractivity contribution is 7.88. The van der Waals surface area contributed by atoms with E-state index in [1.807, 2.05) is 0 Å². The van der Waals surface area contributed by atoms with Gasteiger partial charge in [0, 0.05) is 20.6 Å². The molecule has 84 valence electrons. The van der Waals surface area contributed by atoms with Crippen LogP contribution in [-0.2, 0) is 14.8 Å². The van der Waals surface area contributed by atoms with Crippen LogP contribution in [0.25, 0.3) is 0 Å². The summed E-state index contributed by atoms with van der Waals surface area (Å²) in [7, 11) is -0.481. The molecule has 0 radical (unpaired) electrons. The molecule has 1 amide bonds. The quantitative estimate of drug-likeness (QED) is 0.605. The maximum absolute atomic E-state index is 11.3. The molecule has 14 heavy (non-hydrogen) atoms. The van der Waals surface area contributed by atoms with E-state index in [1.165, 1.54) is 19.0 Å². The molecule has 0 aliphatic carbocycles. The van der Waals surface area contributed by atoms with Gasteiger partial charge in [0.25, 0.3) is 0 Å². The molecular weight excluding hydrogens is 208 g/mol. The second kappa shape index (κ2) is 5.28. The molecule has 0 aliphatic rings. The smallest absolute Gasteiger partial charge is 0.237 e. The predicted molar refractivity (Wildman–Crippen MR) is 52.2 cm³/mol. The Morgan fingerprint density at radius 1 is 1.36 bits per heavy atom. The third kappa shape index (κ3) is 4.54. The maximum Gasteiger partial charge on any atom is 0.237 e. The van der Waals surface area contributed by atoms with Gasteiger partial charge < -0.3 is 10.0 Å². The van der Waals surface area contributed by atoms with E-state index >= 15 is 0 Å². The van der Waals surface area contributed by atoms with Crippen LogP contribution in [0.2, 0.25) is 0 Å². The summed E-state index contributed by atoms with van der Waals surface area (Å²) >= 11 is 0. The number of amides is 1. The molecule has 0 aromatic carbocycles. The van der Waals surface area contributed by atoms with Crippen molar-refractivity contribution in [2.24, 2.45) is 0 Å². The van der Waals surface area contributed by atoms with Crippen molar-refractivity contribution in [3.8, 4) is 0 Å². The molecule has 0 unspecified atom stereocenters. The van der Waals surface area contributed by atoms with Crippen LogP contribution < -0.4 is 0 Å². The number of aliphatic hydroxyl groups is 1. The van der Waals surface area contributed by atoms with Crippen molar-refractivity contribution in [3.05, 3.63) is 0 Å². The van der Waals surface area contributed by atoms with Crippen molar-refractivity contribution in [1.29, 1.82) is 0 Å². The topological polar surface area (TPSA) is 77.9 Å². The Labute approximate surface area is 84.2 Å². The van der Waals surface area contributed by atoms with Crippen LogP contribution >= 0.6 is 0 Å². The fourth-order valence-electron chi connectivity index (χ4n) is 0.703. The predicted octanol–water partition coefficient (Wildman–Crippen LogP) is -1.67. The van der Waals surface area contributed by atoms with Gasteiger partial charge in [0.1, 0.15) is 0 Å². The van der Waals surface area contributed by atoms with Crippen LogP contribution in [0.15, 0.2) is 0 Å². The summed E-state index contributed by atoms with van der Waals surface area (Å²) in [5, 5.41) is 8.55. The Kier molecular flexibility index (Phi) is 5.03. The summed E-state index contributed by atoms with van der Waals surface area (Å²) in [6, 6.07) is 0. The van der Waals surface area contributed by atoms with Crippen molar-refractivity contribution in [2.45, 2.75) is 0 Å². The van der Waals surface area contributed by atoms with Crippen LogP contribution in [0.3, 0.4) is 0 Å². The largest absolute Gasteiger partial charge is 0.395 e. The summed E-state index contributed by atoms with van der Waals surface area (Å²) < 4.78 is 22.9. The summed E-state index contributed by atoms with van der Waals surface area (Å²) in [5.74, 6) is -0.341. The van der Waals surface area contributed by atoms with Gasteiger partial charge in [0.2, 0.25) is 15.9 Å². The van der Waals surface area contributed by atoms with E-state index in [4.69, 9.17) is 5.11 Å². The summed E-state index contributed by atoms with van der Waals surface area (Å²) in [4.78, 5) is 12.6. The fourth-order valence-corrected chi connectivity index (χ4v) is 1.05. The van der Waals surface area contributed by atoms with Crippen LogP contribution in [0.4, 0.5) is 0 Å². The van der Waals surface area contributed by atoms with Gasteiger partial charge in [0.05, 0.1) is 19.4 Å². The highest BCUT2D eigenvalue weighted by Gasteiger charge is 2.17. The van der Waals surface area contributed by atoms with Crippen molar-refractivity contribution in [1.82, 2.24) is 9.21 Å². The molecule has 0 atom stereocenters. The summed E-state index contributed by atoms with van der Waals surface area (Å²) in [6.45, 7) is -0.128. The first-order valence-electron chi connectivity index (χ1n) is 4.05. The first kappa shape index (κ1) is 13.3. The fraction of sp³-hybridized carbons (Fsp3) is 0.857. The molecule has 0 bridgehead atoms. The first-order valence-corrected chi connectivity index (χ1v) is 5.90. The molecule has 0 aromatic rings. The first-order chi connectivity index (χ1) is 6.29. The van der Waals surface area contributed by atoms with E-state index in [0.717, 1.165) is 10.6 Å². The number of nitrogens with zero attached hydrogens (tertiary/aromatic N) is 2. The zero-order valence-corrected chi connectivity index (χ0v) is 9.41. The molecule has 6 nitrogen and oxygen atoms in total. The van der Waals surface area contributed by atoms with Crippen LogP contribution in [0, 0.1) is 0 Å². The molecular formula is C7H16N2O4S. The average molecular weight is 224 g/mol. The molecule has 1 N–H and O–H groups in total. The lowest BCUT2D eigenvalue weighted by Crippen LogP contribution is -2.39.